The summed E-state index contributed by atoms with van der Waals surface area (Å²) in [6.45, 7) is 0. The van der Waals surface area contributed by atoms with Gasteiger partial charge in [-0.25, -0.2) is 4.79 Å². The molecule has 3 atom stereocenters. The van der Waals surface area contributed by atoms with Crippen LogP contribution in [0.25, 0.3) is 0 Å². The summed E-state index contributed by atoms with van der Waals surface area (Å²) in [5.74, 6) is -0.443. The molecular formula is C20H16N2O2. The molecule has 2 aromatic carbocycles. The first-order chi connectivity index (χ1) is 11.7. The lowest BCUT2D eigenvalue weighted by molar-refractivity contribution is 0.0696. The highest BCUT2D eigenvalue weighted by Gasteiger charge is 2.38. The molecule has 0 saturated carbocycles. The summed E-state index contributed by atoms with van der Waals surface area (Å²) in [5, 5.41) is 22.2. The number of nitriles is 1. The quantitative estimate of drug-likeness (QED) is 0.819. The van der Waals surface area contributed by atoms with Crippen LogP contribution in [-0.2, 0) is 0 Å². The van der Waals surface area contributed by atoms with Gasteiger partial charge in [0.05, 0.1) is 23.2 Å². The summed E-state index contributed by atoms with van der Waals surface area (Å²) in [4.78, 5) is 11.3. The number of carboxylic acids is 1. The van der Waals surface area contributed by atoms with Gasteiger partial charge in [-0.05, 0) is 47.7 Å². The molecule has 0 bridgehead atoms. The molecule has 24 heavy (non-hydrogen) atoms. The Morgan fingerprint density at radius 3 is 2.83 bits per heavy atom. The van der Waals surface area contributed by atoms with Gasteiger partial charge in [-0.3, -0.25) is 0 Å². The van der Waals surface area contributed by atoms with E-state index in [0.717, 1.165) is 23.2 Å². The average molecular weight is 316 g/mol. The van der Waals surface area contributed by atoms with Gasteiger partial charge in [0.25, 0.3) is 0 Å². The monoisotopic (exact) mass is 316 g/mol. The fourth-order valence-electron chi connectivity index (χ4n) is 3.91. The number of benzene rings is 2. The average Bonchev–Trinajstić information content (AvgIpc) is 3.10. The molecule has 1 aliphatic heterocycles. The normalized spacial score (nSPS) is 23.7. The predicted octanol–water partition coefficient (Wildman–Crippen LogP) is 4.08. The molecule has 0 fully saturated rings. The topological polar surface area (TPSA) is 73.1 Å². The van der Waals surface area contributed by atoms with Crippen LogP contribution >= 0.6 is 0 Å². The number of hydrogen-bond acceptors (Lipinski definition) is 3. The smallest absolute Gasteiger partial charge is 0.335 e. The summed E-state index contributed by atoms with van der Waals surface area (Å²) in [6, 6.07) is 15.2. The van der Waals surface area contributed by atoms with Crippen molar-refractivity contribution < 1.29 is 9.90 Å². The van der Waals surface area contributed by atoms with Crippen molar-refractivity contribution in [1.82, 2.24) is 0 Å². The van der Waals surface area contributed by atoms with Gasteiger partial charge in [-0.15, -0.1) is 0 Å². The lowest BCUT2D eigenvalue weighted by atomic mass is 9.76. The zero-order valence-corrected chi connectivity index (χ0v) is 12.9. The largest absolute Gasteiger partial charge is 0.478 e. The van der Waals surface area contributed by atoms with Gasteiger partial charge >= 0.3 is 5.97 Å². The van der Waals surface area contributed by atoms with Gasteiger partial charge in [0.15, 0.2) is 0 Å². The van der Waals surface area contributed by atoms with Gasteiger partial charge < -0.3 is 10.4 Å². The molecular weight excluding hydrogens is 300 g/mol. The zero-order chi connectivity index (χ0) is 16.7. The first-order valence-corrected chi connectivity index (χ1v) is 7.98. The molecule has 4 nitrogen and oxygen atoms in total. The first-order valence-electron chi connectivity index (χ1n) is 7.98. The van der Waals surface area contributed by atoms with Crippen LogP contribution in [0.1, 0.15) is 45.4 Å². The number of fused-ring (bicyclic) bond motifs is 3. The third kappa shape index (κ3) is 2.17. The minimum atomic E-state index is -0.909. The molecule has 1 heterocycles. The number of carboxylic acid groups (broad SMARTS) is 1. The van der Waals surface area contributed by atoms with Crippen molar-refractivity contribution in [2.24, 2.45) is 5.92 Å². The Hall–Kier alpha value is -3.06. The number of nitrogens with one attached hydrogen (secondary N) is 1. The summed E-state index contributed by atoms with van der Waals surface area (Å²) in [7, 11) is 0. The Kier molecular flexibility index (Phi) is 3.35. The Labute approximate surface area is 140 Å². The van der Waals surface area contributed by atoms with E-state index < -0.39 is 5.97 Å². The first kappa shape index (κ1) is 14.5. The number of aromatic carboxylic acids is 1. The van der Waals surface area contributed by atoms with Crippen LogP contribution in [0.5, 0.6) is 0 Å². The van der Waals surface area contributed by atoms with Gasteiger partial charge in [0, 0.05) is 11.6 Å². The molecule has 2 N–H and O–H groups in total. The van der Waals surface area contributed by atoms with E-state index in [1.807, 2.05) is 30.3 Å². The second kappa shape index (κ2) is 5.54. The minimum Gasteiger partial charge on any atom is -0.478 e. The Balaban J connectivity index is 1.82. The number of hydrogen-bond donors (Lipinski definition) is 2. The highest BCUT2D eigenvalue weighted by atomic mass is 16.4. The van der Waals surface area contributed by atoms with E-state index in [1.54, 1.807) is 12.1 Å². The molecule has 0 saturated heterocycles. The van der Waals surface area contributed by atoms with Crippen LogP contribution in [0.4, 0.5) is 5.69 Å². The predicted molar refractivity (Wildman–Crippen MR) is 90.9 cm³/mol. The molecule has 1 aliphatic carbocycles. The van der Waals surface area contributed by atoms with E-state index in [2.05, 4.69) is 23.5 Å². The highest BCUT2D eigenvalue weighted by molar-refractivity contribution is 5.89. The number of anilines is 1. The van der Waals surface area contributed by atoms with E-state index in [0.29, 0.717) is 11.1 Å². The van der Waals surface area contributed by atoms with Crippen molar-refractivity contribution >= 4 is 11.7 Å². The third-order valence-electron chi connectivity index (χ3n) is 5.03. The van der Waals surface area contributed by atoms with Crippen molar-refractivity contribution in [3.63, 3.8) is 0 Å². The minimum absolute atomic E-state index is 0.0454. The van der Waals surface area contributed by atoms with Crippen molar-refractivity contribution in [3.05, 3.63) is 76.9 Å². The van der Waals surface area contributed by atoms with Gasteiger partial charge in [-0.2, -0.15) is 5.26 Å². The number of allylic oxidation sites excluding steroid dienone is 2. The highest BCUT2D eigenvalue weighted by Crippen LogP contribution is 2.50. The summed E-state index contributed by atoms with van der Waals surface area (Å²) >= 11 is 0. The summed E-state index contributed by atoms with van der Waals surface area (Å²) in [5.41, 5.74) is 3.98. The second-order valence-corrected chi connectivity index (χ2v) is 6.28. The van der Waals surface area contributed by atoms with E-state index in [9.17, 15) is 15.2 Å². The van der Waals surface area contributed by atoms with Crippen molar-refractivity contribution in [3.8, 4) is 6.07 Å². The van der Waals surface area contributed by atoms with Crippen molar-refractivity contribution in [1.29, 1.82) is 5.26 Å². The molecule has 0 spiro atoms. The summed E-state index contributed by atoms with van der Waals surface area (Å²) in [6.07, 6.45) is 5.23. The zero-order valence-electron chi connectivity index (χ0n) is 12.9. The van der Waals surface area contributed by atoms with Crippen LogP contribution in [0, 0.1) is 17.2 Å². The van der Waals surface area contributed by atoms with Crippen molar-refractivity contribution in [2.75, 3.05) is 5.32 Å². The van der Waals surface area contributed by atoms with Crippen LogP contribution in [0.3, 0.4) is 0 Å². The van der Waals surface area contributed by atoms with E-state index in [-0.39, 0.29) is 17.9 Å². The van der Waals surface area contributed by atoms with Crippen molar-refractivity contribution in [2.45, 2.75) is 18.4 Å². The van der Waals surface area contributed by atoms with Gasteiger partial charge in [-0.1, -0.05) is 30.4 Å². The fraction of sp³-hybridized carbons (Fsp3) is 0.200. The Morgan fingerprint density at radius 1 is 1.21 bits per heavy atom. The number of nitrogens with zero attached hydrogens (tertiary/aromatic N) is 1. The number of rotatable bonds is 2. The molecule has 0 unspecified atom stereocenters. The molecule has 4 heteroatoms. The van der Waals surface area contributed by atoms with E-state index in [4.69, 9.17) is 0 Å². The molecule has 0 aromatic heterocycles. The Morgan fingerprint density at radius 2 is 2.04 bits per heavy atom. The molecule has 0 radical (unpaired) electrons. The SMILES string of the molecule is N#Cc1ccccc1[C@@H]1Nc2ccc(C(=O)O)cc2[C@@H]2C=CC[C@@H]21. The van der Waals surface area contributed by atoms with Crippen LogP contribution in [0.15, 0.2) is 54.6 Å². The van der Waals surface area contributed by atoms with Crippen LogP contribution in [0.2, 0.25) is 0 Å². The van der Waals surface area contributed by atoms with E-state index >= 15 is 0 Å². The fourth-order valence-corrected chi connectivity index (χ4v) is 3.91. The van der Waals surface area contributed by atoms with Gasteiger partial charge in [0.1, 0.15) is 0 Å². The third-order valence-corrected chi connectivity index (χ3v) is 5.03. The standard InChI is InChI=1S/C20H16N2O2/c21-11-13-4-1-2-5-14(13)19-16-7-3-6-15(16)17-10-12(20(23)24)8-9-18(17)22-19/h1-6,8-10,15-16,19,22H,7H2,(H,23,24)/t15-,16+,19+/m1/s1. The molecule has 4 rings (SSSR count). The lowest BCUT2D eigenvalue weighted by Crippen LogP contribution is -2.29. The lowest BCUT2D eigenvalue weighted by Gasteiger charge is -2.38. The number of carbonyl (C=O) groups is 1. The maximum Gasteiger partial charge on any atom is 0.335 e. The molecule has 2 aliphatic rings. The summed E-state index contributed by atoms with van der Waals surface area (Å²) < 4.78 is 0. The van der Waals surface area contributed by atoms with Crippen LogP contribution in [-0.4, -0.2) is 11.1 Å². The molecule has 0 amide bonds. The van der Waals surface area contributed by atoms with Gasteiger partial charge in [0.2, 0.25) is 0 Å². The van der Waals surface area contributed by atoms with Crippen LogP contribution < -0.4 is 5.32 Å². The molecule has 2 aromatic rings. The second-order valence-electron chi connectivity index (χ2n) is 6.28. The maximum atomic E-state index is 11.3. The maximum absolute atomic E-state index is 11.3. The molecule has 118 valence electrons. The Bertz CT molecular complexity index is 895. The van der Waals surface area contributed by atoms with E-state index in [1.165, 1.54) is 0 Å².